The van der Waals surface area contributed by atoms with Crippen molar-refractivity contribution in [2.24, 2.45) is 0 Å². The van der Waals surface area contributed by atoms with Gasteiger partial charge in [-0.1, -0.05) is 12.1 Å². The molecule has 1 saturated heterocycles. The smallest absolute Gasteiger partial charge is 0.272 e. The van der Waals surface area contributed by atoms with Gasteiger partial charge in [0.2, 0.25) is 0 Å². The van der Waals surface area contributed by atoms with Crippen molar-refractivity contribution in [2.45, 2.75) is 26.2 Å². The van der Waals surface area contributed by atoms with Gasteiger partial charge in [-0.25, -0.2) is 0 Å². The fraction of sp³-hybridized carbons (Fsp3) is 0.316. The first-order chi connectivity index (χ1) is 11.6. The second-order valence-electron chi connectivity index (χ2n) is 6.11. The molecule has 1 aromatic carbocycles. The zero-order valence-electron chi connectivity index (χ0n) is 13.8. The molecule has 1 aliphatic heterocycles. The summed E-state index contributed by atoms with van der Waals surface area (Å²) >= 11 is 0. The molecule has 5 heteroatoms. The van der Waals surface area contributed by atoms with Crippen LogP contribution in [-0.4, -0.2) is 34.8 Å². The Kier molecular flexibility index (Phi) is 4.89. The molecule has 0 bridgehead atoms. The number of benzene rings is 1. The van der Waals surface area contributed by atoms with E-state index in [-0.39, 0.29) is 11.8 Å². The van der Waals surface area contributed by atoms with Crippen LogP contribution in [0.2, 0.25) is 0 Å². The highest BCUT2D eigenvalue weighted by Crippen LogP contribution is 2.15. The lowest BCUT2D eigenvalue weighted by atomic mass is 10.1. The van der Waals surface area contributed by atoms with E-state index in [4.69, 9.17) is 0 Å². The summed E-state index contributed by atoms with van der Waals surface area (Å²) in [5.74, 6) is -0.337. The average Bonchev–Trinajstić information content (AvgIpc) is 2.62. The highest BCUT2D eigenvalue weighted by Gasteiger charge is 2.20. The number of aromatic nitrogens is 1. The molecule has 124 valence electrons. The van der Waals surface area contributed by atoms with Crippen LogP contribution in [0.15, 0.2) is 42.6 Å². The highest BCUT2D eigenvalue weighted by atomic mass is 16.2. The van der Waals surface area contributed by atoms with Gasteiger partial charge in [0.15, 0.2) is 0 Å². The Balaban J connectivity index is 1.74. The molecule has 24 heavy (non-hydrogen) atoms. The second kappa shape index (κ2) is 7.25. The van der Waals surface area contributed by atoms with E-state index in [1.54, 1.807) is 12.1 Å². The fourth-order valence-electron chi connectivity index (χ4n) is 2.87. The van der Waals surface area contributed by atoms with E-state index < -0.39 is 0 Å². The summed E-state index contributed by atoms with van der Waals surface area (Å²) in [6, 6.07) is 10.8. The summed E-state index contributed by atoms with van der Waals surface area (Å²) in [7, 11) is 0. The Morgan fingerprint density at radius 1 is 1.08 bits per heavy atom. The van der Waals surface area contributed by atoms with Crippen LogP contribution in [0.4, 0.5) is 5.69 Å². The standard InChI is InChI=1S/C19H21N3O2/c1-14-6-5-7-16(12-14)21-18(23)15-8-9-20-17(13-15)19(24)22-10-3-2-4-11-22/h5-9,12-13H,2-4,10-11H2,1H3,(H,21,23). The predicted molar refractivity (Wildman–Crippen MR) is 93.1 cm³/mol. The third-order valence-electron chi connectivity index (χ3n) is 4.16. The number of hydrogen-bond acceptors (Lipinski definition) is 3. The molecule has 2 aromatic rings. The minimum Gasteiger partial charge on any atom is -0.337 e. The molecule has 1 aromatic heterocycles. The van der Waals surface area contributed by atoms with Crippen molar-refractivity contribution < 1.29 is 9.59 Å². The van der Waals surface area contributed by atoms with Gasteiger partial charge in [-0.2, -0.15) is 0 Å². The zero-order valence-corrected chi connectivity index (χ0v) is 13.8. The first kappa shape index (κ1) is 16.2. The first-order valence-electron chi connectivity index (χ1n) is 8.27. The number of rotatable bonds is 3. The molecule has 0 unspecified atom stereocenters. The van der Waals surface area contributed by atoms with Crippen molar-refractivity contribution in [3.8, 4) is 0 Å². The summed E-state index contributed by atoms with van der Waals surface area (Å²) in [6.07, 6.45) is 4.73. The lowest BCUT2D eigenvalue weighted by Gasteiger charge is -2.26. The van der Waals surface area contributed by atoms with E-state index in [0.29, 0.717) is 11.3 Å². The Labute approximate surface area is 141 Å². The molecule has 0 atom stereocenters. The molecule has 2 heterocycles. The van der Waals surface area contributed by atoms with Gasteiger partial charge in [-0.3, -0.25) is 14.6 Å². The molecule has 2 amide bonds. The predicted octanol–water partition coefficient (Wildman–Crippen LogP) is 3.27. The molecule has 1 aliphatic rings. The summed E-state index contributed by atoms with van der Waals surface area (Å²) < 4.78 is 0. The molecule has 0 aliphatic carbocycles. The third kappa shape index (κ3) is 3.79. The molecule has 0 saturated carbocycles. The Morgan fingerprint density at radius 3 is 2.62 bits per heavy atom. The number of likely N-dealkylation sites (tertiary alicyclic amines) is 1. The number of amides is 2. The van der Waals surface area contributed by atoms with Gasteiger partial charge in [-0.05, 0) is 56.0 Å². The van der Waals surface area contributed by atoms with Crippen molar-refractivity contribution in [1.29, 1.82) is 0 Å². The Morgan fingerprint density at radius 2 is 1.88 bits per heavy atom. The highest BCUT2D eigenvalue weighted by molar-refractivity contribution is 6.05. The molecular weight excluding hydrogens is 302 g/mol. The first-order valence-corrected chi connectivity index (χ1v) is 8.27. The van der Waals surface area contributed by atoms with Crippen molar-refractivity contribution >= 4 is 17.5 Å². The topological polar surface area (TPSA) is 62.3 Å². The largest absolute Gasteiger partial charge is 0.337 e. The zero-order chi connectivity index (χ0) is 16.9. The number of piperidine rings is 1. The quantitative estimate of drug-likeness (QED) is 0.943. The van der Waals surface area contributed by atoms with Crippen molar-refractivity contribution in [3.05, 3.63) is 59.4 Å². The molecule has 1 fully saturated rings. The number of hydrogen-bond donors (Lipinski definition) is 1. The molecule has 3 rings (SSSR count). The Hall–Kier alpha value is -2.69. The third-order valence-corrected chi connectivity index (χ3v) is 4.16. The monoisotopic (exact) mass is 323 g/mol. The van der Waals surface area contributed by atoms with Gasteiger partial charge >= 0.3 is 0 Å². The maximum Gasteiger partial charge on any atom is 0.272 e. The number of pyridine rings is 1. The summed E-state index contributed by atoms with van der Waals surface area (Å²) in [6.45, 7) is 3.50. The van der Waals surface area contributed by atoms with E-state index in [2.05, 4.69) is 10.3 Å². The van der Waals surface area contributed by atoms with Crippen LogP contribution in [-0.2, 0) is 0 Å². The van der Waals surface area contributed by atoms with Gasteiger partial charge in [0, 0.05) is 30.5 Å². The molecule has 0 radical (unpaired) electrons. The normalized spacial score (nSPS) is 14.3. The number of nitrogens with one attached hydrogen (secondary N) is 1. The van der Waals surface area contributed by atoms with Crippen LogP contribution in [0.25, 0.3) is 0 Å². The van der Waals surface area contributed by atoms with Gasteiger partial charge < -0.3 is 10.2 Å². The van der Waals surface area contributed by atoms with E-state index in [9.17, 15) is 9.59 Å². The number of carbonyl (C=O) groups is 2. The van der Waals surface area contributed by atoms with E-state index in [0.717, 1.165) is 43.6 Å². The molecule has 1 N–H and O–H groups in total. The summed E-state index contributed by atoms with van der Waals surface area (Å²) in [5, 5.41) is 2.85. The number of nitrogens with zero attached hydrogens (tertiary/aromatic N) is 2. The lowest BCUT2D eigenvalue weighted by molar-refractivity contribution is 0.0718. The van der Waals surface area contributed by atoms with Crippen molar-refractivity contribution in [2.75, 3.05) is 18.4 Å². The second-order valence-corrected chi connectivity index (χ2v) is 6.11. The molecule has 0 spiro atoms. The average molecular weight is 323 g/mol. The van der Waals surface area contributed by atoms with Crippen LogP contribution >= 0.6 is 0 Å². The lowest BCUT2D eigenvalue weighted by Crippen LogP contribution is -2.36. The van der Waals surface area contributed by atoms with Gasteiger partial charge in [0.1, 0.15) is 5.69 Å². The van der Waals surface area contributed by atoms with Crippen molar-refractivity contribution in [1.82, 2.24) is 9.88 Å². The number of anilines is 1. The maximum atomic E-state index is 12.5. The Bertz CT molecular complexity index is 752. The van der Waals surface area contributed by atoms with E-state index >= 15 is 0 Å². The van der Waals surface area contributed by atoms with Crippen LogP contribution in [0.1, 0.15) is 45.7 Å². The van der Waals surface area contributed by atoms with Crippen LogP contribution in [0.5, 0.6) is 0 Å². The van der Waals surface area contributed by atoms with Crippen LogP contribution < -0.4 is 5.32 Å². The van der Waals surface area contributed by atoms with Crippen LogP contribution in [0, 0.1) is 6.92 Å². The number of carbonyl (C=O) groups excluding carboxylic acids is 2. The minimum absolute atomic E-state index is 0.0973. The number of aryl methyl sites for hydroxylation is 1. The van der Waals surface area contributed by atoms with Gasteiger partial charge in [0.25, 0.3) is 11.8 Å². The minimum atomic E-state index is -0.240. The maximum absolute atomic E-state index is 12.5. The van der Waals surface area contributed by atoms with E-state index in [1.807, 2.05) is 36.1 Å². The molecular formula is C19H21N3O2. The van der Waals surface area contributed by atoms with Crippen LogP contribution in [0.3, 0.4) is 0 Å². The van der Waals surface area contributed by atoms with E-state index in [1.165, 1.54) is 6.20 Å². The SMILES string of the molecule is Cc1cccc(NC(=O)c2ccnc(C(=O)N3CCCCC3)c2)c1. The summed E-state index contributed by atoms with van der Waals surface area (Å²) in [4.78, 5) is 30.9. The van der Waals surface area contributed by atoms with Gasteiger partial charge in [-0.15, -0.1) is 0 Å². The fourth-order valence-corrected chi connectivity index (χ4v) is 2.87. The van der Waals surface area contributed by atoms with Crippen molar-refractivity contribution in [3.63, 3.8) is 0 Å². The van der Waals surface area contributed by atoms with Gasteiger partial charge in [0.05, 0.1) is 0 Å². The summed E-state index contributed by atoms with van der Waals surface area (Å²) in [5.41, 5.74) is 2.57. The molecule has 5 nitrogen and oxygen atoms in total.